The van der Waals surface area contributed by atoms with Crippen molar-refractivity contribution in [2.75, 3.05) is 14.1 Å². The summed E-state index contributed by atoms with van der Waals surface area (Å²) in [6.45, 7) is 7.75. The Morgan fingerprint density at radius 3 is 2.56 bits per heavy atom. The lowest BCUT2D eigenvalue weighted by Gasteiger charge is -2.17. The molecule has 0 aliphatic heterocycles. The van der Waals surface area contributed by atoms with Gasteiger partial charge in [-0.1, -0.05) is 48.5 Å². The second kappa shape index (κ2) is 8.86. The Hall–Kier alpha value is -1.16. The van der Waals surface area contributed by atoms with Crippen LogP contribution in [0.3, 0.4) is 0 Å². The van der Waals surface area contributed by atoms with Crippen molar-refractivity contribution in [3.63, 3.8) is 0 Å². The fourth-order valence-electron chi connectivity index (χ4n) is 1.33. The third-order valence-electron chi connectivity index (χ3n) is 2.62. The summed E-state index contributed by atoms with van der Waals surface area (Å²) in [5.74, 6) is 0.169. The van der Waals surface area contributed by atoms with E-state index >= 15 is 0 Å². The van der Waals surface area contributed by atoms with Crippen LogP contribution in [0.2, 0.25) is 0 Å². The number of aliphatic imine (C=N–C) groups is 1. The van der Waals surface area contributed by atoms with Crippen molar-refractivity contribution in [2.45, 2.75) is 20.3 Å². The number of halogens is 1. The topological polar surface area (TPSA) is 32.7 Å². The fourth-order valence-corrected chi connectivity index (χ4v) is 1.47. The van der Waals surface area contributed by atoms with Crippen molar-refractivity contribution in [1.29, 1.82) is 0 Å². The highest BCUT2D eigenvalue weighted by Crippen LogP contribution is 2.18. The van der Waals surface area contributed by atoms with E-state index in [1.807, 2.05) is 19.1 Å². The maximum atomic E-state index is 12.2. The second-order valence-corrected chi connectivity index (χ2v) is 4.89. The quantitative estimate of drug-likeness (QED) is 0.319. The van der Waals surface area contributed by atoms with Crippen molar-refractivity contribution in [3.05, 3.63) is 34.9 Å². The Morgan fingerprint density at radius 1 is 1.50 bits per heavy atom. The average Bonchev–Trinajstić information content (AvgIpc) is 2.37. The average molecular weight is 313 g/mol. The van der Waals surface area contributed by atoms with Gasteiger partial charge in [0.1, 0.15) is 0 Å². The van der Waals surface area contributed by atoms with E-state index < -0.39 is 0 Å². The monoisotopic (exact) mass is 312 g/mol. The first-order valence-corrected chi connectivity index (χ1v) is 6.66. The van der Waals surface area contributed by atoms with Crippen molar-refractivity contribution in [1.82, 2.24) is 4.90 Å². The highest BCUT2D eigenvalue weighted by Gasteiger charge is 2.17. The zero-order chi connectivity index (χ0) is 14.1. The normalized spacial score (nSPS) is 14.7. The molecule has 1 atom stereocenters. The fraction of sp³-hybridized carbons (Fsp3) is 0.429. The number of nitrogens with zero attached hydrogens (tertiary/aromatic N) is 2. The number of hydrogen-bond acceptors (Lipinski definition) is 2. The van der Waals surface area contributed by atoms with Crippen molar-refractivity contribution in [3.8, 4) is 0 Å². The molecule has 0 aliphatic rings. The highest BCUT2D eigenvalue weighted by atomic mass is 79.9. The number of amides is 1. The zero-order valence-corrected chi connectivity index (χ0v) is 13.1. The lowest BCUT2D eigenvalue weighted by Crippen LogP contribution is -2.28. The van der Waals surface area contributed by atoms with E-state index in [1.165, 1.54) is 11.2 Å². The van der Waals surface area contributed by atoms with Gasteiger partial charge in [-0.05, 0) is 18.4 Å². The molecule has 18 heavy (non-hydrogen) atoms. The first-order valence-electron chi connectivity index (χ1n) is 5.87. The van der Waals surface area contributed by atoms with Crippen molar-refractivity contribution >= 4 is 28.2 Å². The maximum absolute atomic E-state index is 12.2. The van der Waals surface area contributed by atoms with Gasteiger partial charge < -0.3 is 4.90 Å². The second-order valence-electron chi connectivity index (χ2n) is 3.98. The third kappa shape index (κ3) is 5.45. The van der Waals surface area contributed by atoms with Crippen LogP contribution in [0.5, 0.6) is 0 Å². The van der Waals surface area contributed by atoms with E-state index in [0.717, 1.165) is 16.5 Å². The summed E-state index contributed by atoms with van der Waals surface area (Å²) in [5.41, 5.74) is 0.763. The summed E-state index contributed by atoms with van der Waals surface area (Å²) >= 11 is 3.34. The van der Waals surface area contributed by atoms with Crippen LogP contribution in [0.25, 0.3) is 0 Å². The van der Waals surface area contributed by atoms with Crippen LogP contribution in [0.15, 0.2) is 39.9 Å². The molecule has 100 valence electrons. The molecular weight excluding hydrogens is 292 g/mol. The zero-order valence-electron chi connectivity index (χ0n) is 11.5. The molecule has 0 saturated carbocycles. The minimum Gasteiger partial charge on any atom is -0.303 e. The van der Waals surface area contributed by atoms with Crippen molar-refractivity contribution in [2.24, 2.45) is 10.9 Å². The molecule has 0 fully saturated rings. The molecule has 0 N–H and O–H groups in total. The lowest BCUT2D eigenvalue weighted by molar-refractivity contribution is -0.122. The molecule has 0 aliphatic carbocycles. The molecule has 0 radical (unpaired) electrons. The highest BCUT2D eigenvalue weighted by molar-refractivity contribution is 9.11. The van der Waals surface area contributed by atoms with Crippen LogP contribution < -0.4 is 0 Å². The van der Waals surface area contributed by atoms with Crippen LogP contribution in [0.1, 0.15) is 20.3 Å². The smallest absolute Gasteiger partial charge is 0.254 e. The van der Waals surface area contributed by atoms with Crippen LogP contribution in [0, 0.1) is 5.92 Å². The van der Waals surface area contributed by atoms with E-state index in [1.54, 1.807) is 20.2 Å². The first kappa shape index (κ1) is 16.8. The van der Waals surface area contributed by atoms with E-state index in [9.17, 15) is 4.79 Å². The minimum atomic E-state index is -0.0319. The van der Waals surface area contributed by atoms with E-state index in [-0.39, 0.29) is 11.8 Å². The molecule has 1 amide bonds. The summed E-state index contributed by atoms with van der Waals surface area (Å²) in [4.78, 5) is 17.6. The predicted molar refractivity (Wildman–Crippen MR) is 81.9 cm³/mol. The van der Waals surface area contributed by atoms with Gasteiger partial charge in [-0.3, -0.25) is 9.79 Å². The number of rotatable bonds is 6. The standard InChI is InChI=1S/C14H21BrN2O/c1-6-11(3)13(9-8-12(15)7-2)14(18)17(5)10-16-4/h7-11H,2,6H2,1,3-5H3/b12-8+,13-9+,16-10-. The molecule has 4 heteroatoms. The molecule has 0 rings (SSSR count). The van der Waals surface area contributed by atoms with Crippen LogP contribution in [0.4, 0.5) is 0 Å². The Labute approximate surface area is 118 Å². The largest absolute Gasteiger partial charge is 0.303 e. The molecular formula is C14H21BrN2O. The van der Waals surface area contributed by atoms with Crippen LogP contribution in [-0.2, 0) is 4.79 Å². The minimum absolute atomic E-state index is 0.0319. The van der Waals surface area contributed by atoms with Gasteiger partial charge in [-0.15, -0.1) is 0 Å². The number of likely N-dealkylation sites (N-methyl/N-ethyl adjacent to an activating group) is 1. The molecule has 0 bridgehead atoms. The van der Waals surface area contributed by atoms with E-state index in [0.29, 0.717) is 0 Å². The van der Waals surface area contributed by atoms with Crippen LogP contribution in [-0.4, -0.2) is 31.2 Å². The SMILES string of the molecule is C=C/C(Br)=C\C=C(\C(=O)N(C)/C=N\C)C(C)CC. The molecule has 0 aromatic rings. The Morgan fingerprint density at radius 2 is 2.11 bits per heavy atom. The van der Waals surface area contributed by atoms with Gasteiger partial charge in [-0.2, -0.15) is 0 Å². The van der Waals surface area contributed by atoms with Gasteiger partial charge in [0.15, 0.2) is 0 Å². The summed E-state index contributed by atoms with van der Waals surface area (Å²) in [6, 6.07) is 0. The number of hydrogen-bond donors (Lipinski definition) is 0. The summed E-state index contributed by atoms with van der Waals surface area (Å²) in [7, 11) is 3.35. The lowest BCUT2D eigenvalue weighted by atomic mass is 9.97. The van der Waals surface area contributed by atoms with Gasteiger partial charge in [0.2, 0.25) is 0 Å². The number of carbonyl (C=O) groups excluding carboxylic acids is 1. The molecule has 3 nitrogen and oxygen atoms in total. The van der Waals surface area contributed by atoms with Gasteiger partial charge >= 0.3 is 0 Å². The molecule has 0 heterocycles. The molecule has 0 spiro atoms. The summed E-state index contributed by atoms with van der Waals surface area (Å²) < 4.78 is 0.850. The molecule has 0 saturated heterocycles. The summed E-state index contributed by atoms with van der Waals surface area (Å²) in [6.07, 6.45) is 7.79. The molecule has 0 aromatic heterocycles. The Kier molecular flexibility index (Phi) is 8.29. The third-order valence-corrected chi connectivity index (χ3v) is 3.20. The van der Waals surface area contributed by atoms with Gasteiger partial charge in [0.25, 0.3) is 5.91 Å². The van der Waals surface area contributed by atoms with Crippen molar-refractivity contribution < 1.29 is 4.79 Å². The maximum Gasteiger partial charge on any atom is 0.254 e. The molecule has 0 aromatic carbocycles. The number of allylic oxidation sites excluding steroid dienone is 4. The van der Waals surface area contributed by atoms with E-state index in [4.69, 9.17) is 0 Å². The van der Waals surface area contributed by atoms with Gasteiger partial charge in [-0.25, -0.2) is 0 Å². The molecule has 1 unspecified atom stereocenters. The Balaban J connectivity index is 5.24. The van der Waals surface area contributed by atoms with E-state index in [2.05, 4.69) is 34.4 Å². The Bertz CT molecular complexity index is 383. The summed E-state index contributed by atoms with van der Waals surface area (Å²) in [5, 5.41) is 0. The van der Waals surface area contributed by atoms with Gasteiger partial charge in [0, 0.05) is 24.2 Å². The predicted octanol–water partition coefficient (Wildman–Crippen LogP) is 3.54. The van der Waals surface area contributed by atoms with Gasteiger partial charge in [0.05, 0.1) is 6.34 Å². The number of carbonyl (C=O) groups is 1. The first-order chi connectivity index (χ1) is 8.47. The van der Waals surface area contributed by atoms with Crippen LogP contribution >= 0.6 is 15.9 Å².